The molecule has 0 aliphatic carbocycles. The molecular formula is C17H15F2N3O. The van der Waals surface area contributed by atoms with E-state index in [0.29, 0.717) is 11.3 Å². The maximum atomic E-state index is 13.2. The zero-order valence-electron chi connectivity index (χ0n) is 12.7. The van der Waals surface area contributed by atoms with E-state index in [1.807, 2.05) is 19.1 Å². The third-order valence-electron chi connectivity index (χ3n) is 3.68. The Labute approximate surface area is 131 Å². The van der Waals surface area contributed by atoms with Gasteiger partial charge in [-0.25, -0.2) is 13.8 Å². The van der Waals surface area contributed by atoms with Crippen LogP contribution in [0.25, 0.3) is 11.0 Å². The van der Waals surface area contributed by atoms with Crippen molar-refractivity contribution in [3.8, 4) is 0 Å². The van der Waals surface area contributed by atoms with E-state index >= 15 is 0 Å². The lowest BCUT2D eigenvalue weighted by Gasteiger charge is -2.17. The van der Waals surface area contributed by atoms with Gasteiger partial charge >= 0.3 is 0 Å². The number of aromatic amines is 1. The number of carbonyl (C=O) groups is 1. The Morgan fingerprint density at radius 2 is 1.96 bits per heavy atom. The van der Waals surface area contributed by atoms with Crippen LogP contribution in [0.3, 0.4) is 0 Å². The van der Waals surface area contributed by atoms with Gasteiger partial charge in [0.05, 0.1) is 17.5 Å². The number of hydrogen-bond acceptors (Lipinski definition) is 2. The van der Waals surface area contributed by atoms with E-state index < -0.39 is 11.6 Å². The van der Waals surface area contributed by atoms with Crippen LogP contribution in [0.1, 0.15) is 11.4 Å². The van der Waals surface area contributed by atoms with Crippen molar-refractivity contribution in [2.45, 2.75) is 13.3 Å². The van der Waals surface area contributed by atoms with E-state index in [1.54, 1.807) is 13.1 Å². The molecule has 4 nitrogen and oxygen atoms in total. The summed E-state index contributed by atoms with van der Waals surface area (Å²) in [4.78, 5) is 21.2. The first kappa shape index (κ1) is 15.1. The van der Waals surface area contributed by atoms with E-state index in [0.717, 1.165) is 29.0 Å². The summed E-state index contributed by atoms with van der Waals surface area (Å²) < 4.78 is 26.1. The third kappa shape index (κ3) is 3.06. The van der Waals surface area contributed by atoms with Crippen LogP contribution in [-0.2, 0) is 11.2 Å². The van der Waals surface area contributed by atoms with E-state index in [-0.39, 0.29) is 12.3 Å². The minimum absolute atomic E-state index is 0.00621. The summed E-state index contributed by atoms with van der Waals surface area (Å²) >= 11 is 0. The third-order valence-corrected chi connectivity index (χ3v) is 3.68. The predicted octanol–water partition coefficient (Wildman–Crippen LogP) is 3.36. The number of carbonyl (C=O) groups excluding carboxylic acids is 1. The van der Waals surface area contributed by atoms with Gasteiger partial charge in [0.1, 0.15) is 5.82 Å². The molecule has 118 valence electrons. The summed E-state index contributed by atoms with van der Waals surface area (Å²) in [6.07, 6.45) is -0.00621. The summed E-state index contributed by atoms with van der Waals surface area (Å²) in [5, 5.41) is 0. The molecule has 0 atom stereocenters. The van der Waals surface area contributed by atoms with Crippen molar-refractivity contribution < 1.29 is 13.6 Å². The zero-order valence-corrected chi connectivity index (χ0v) is 12.7. The number of anilines is 1. The number of H-pyrrole nitrogens is 1. The van der Waals surface area contributed by atoms with Crippen LogP contribution in [-0.4, -0.2) is 22.9 Å². The first-order valence-electron chi connectivity index (χ1n) is 7.11. The summed E-state index contributed by atoms with van der Waals surface area (Å²) in [5.74, 6) is -1.29. The Balaban J connectivity index is 1.81. The number of rotatable bonds is 3. The maximum Gasteiger partial charge on any atom is 0.231 e. The summed E-state index contributed by atoms with van der Waals surface area (Å²) in [7, 11) is 1.65. The molecule has 0 saturated carbocycles. The van der Waals surface area contributed by atoms with Gasteiger partial charge in [0.15, 0.2) is 11.6 Å². The topological polar surface area (TPSA) is 49.0 Å². The molecule has 0 radical (unpaired) electrons. The van der Waals surface area contributed by atoms with E-state index in [9.17, 15) is 13.6 Å². The number of halogens is 2. The quantitative estimate of drug-likeness (QED) is 0.806. The van der Waals surface area contributed by atoms with Crippen molar-refractivity contribution in [3.05, 3.63) is 59.4 Å². The van der Waals surface area contributed by atoms with Crippen LogP contribution in [0.5, 0.6) is 0 Å². The minimum Gasteiger partial charge on any atom is -0.342 e. The Morgan fingerprint density at radius 1 is 1.17 bits per heavy atom. The number of amides is 1. The smallest absolute Gasteiger partial charge is 0.231 e. The van der Waals surface area contributed by atoms with Gasteiger partial charge in [-0.15, -0.1) is 0 Å². The SMILES string of the molecule is Cc1nc2ccc(N(C)C(=O)Cc3ccc(F)c(F)c3)cc2[nH]1. The number of aryl methyl sites for hydroxylation is 1. The van der Waals surface area contributed by atoms with Crippen LogP contribution in [0, 0.1) is 18.6 Å². The summed E-state index contributed by atoms with van der Waals surface area (Å²) in [5.41, 5.74) is 2.80. The molecule has 1 amide bonds. The molecule has 0 aliphatic rings. The van der Waals surface area contributed by atoms with Gasteiger partial charge in [-0.2, -0.15) is 0 Å². The number of likely N-dealkylation sites (N-methyl/N-ethyl adjacent to an activating group) is 1. The molecule has 1 aromatic heterocycles. The number of aromatic nitrogens is 2. The molecule has 0 saturated heterocycles. The number of benzene rings is 2. The zero-order chi connectivity index (χ0) is 16.6. The normalized spacial score (nSPS) is 11.0. The largest absolute Gasteiger partial charge is 0.342 e. The monoisotopic (exact) mass is 315 g/mol. The van der Waals surface area contributed by atoms with Gasteiger partial charge in [-0.05, 0) is 42.8 Å². The molecule has 2 aromatic carbocycles. The fraction of sp³-hybridized carbons (Fsp3) is 0.176. The predicted molar refractivity (Wildman–Crippen MR) is 84.3 cm³/mol. The molecule has 3 aromatic rings. The highest BCUT2D eigenvalue weighted by Crippen LogP contribution is 2.21. The minimum atomic E-state index is -0.952. The van der Waals surface area contributed by atoms with Crippen LogP contribution < -0.4 is 4.90 Å². The molecule has 1 heterocycles. The van der Waals surface area contributed by atoms with Crippen molar-refractivity contribution in [1.29, 1.82) is 0 Å². The van der Waals surface area contributed by atoms with E-state index in [4.69, 9.17) is 0 Å². The van der Waals surface area contributed by atoms with Crippen LogP contribution >= 0.6 is 0 Å². The number of nitrogens with one attached hydrogen (secondary N) is 1. The van der Waals surface area contributed by atoms with E-state index in [2.05, 4.69) is 9.97 Å². The Hall–Kier alpha value is -2.76. The van der Waals surface area contributed by atoms with Gasteiger partial charge in [0, 0.05) is 12.7 Å². The highest BCUT2D eigenvalue weighted by atomic mass is 19.2. The lowest BCUT2D eigenvalue weighted by molar-refractivity contribution is -0.117. The summed E-state index contributed by atoms with van der Waals surface area (Å²) in [6, 6.07) is 8.94. The average Bonchev–Trinajstić information content (AvgIpc) is 2.89. The molecule has 6 heteroatoms. The summed E-state index contributed by atoms with van der Waals surface area (Å²) in [6.45, 7) is 1.86. The van der Waals surface area contributed by atoms with Crippen LogP contribution in [0.4, 0.5) is 14.5 Å². The standard InChI is InChI=1S/C17H15F2N3O/c1-10-20-15-6-4-12(9-16(15)21-10)22(2)17(23)8-11-3-5-13(18)14(19)7-11/h3-7,9H,8H2,1-2H3,(H,20,21). The maximum absolute atomic E-state index is 13.2. The van der Waals surface area contributed by atoms with Crippen molar-refractivity contribution in [1.82, 2.24) is 9.97 Å². The first-order valence-corrected chi connectivity index (χ1v) is 7.11. The van der Waals surface area contributed by atoms with Crippen molar-refractivity contribution in [3.63, 3.8) is 0 Å². The number of nitrogens with zero attached hydrogens (tertiary/aromatic N) is 2. The number of hydrogen-bond donors (Lipinski definition) is 1. The molecular weight excluding hydrogens is 300 g/mol. The molecule has 0 fully saturated rings. The van der Waals surface area contributed by atoms with Gasteiger partial charge < -0.3 is 9.88 Å². The lowest BCUT2D eigenvalue weighted by Crippen LogP contribution is -2.27. The molecule has 23 heavy (non-hydrogen) atoms. The molecule has 0 bridgehead atoms. The Kier molecular flexibility index (Phi) is 3.82. The molecule has 0 spiro atoms. The van der Waals surface area contributed by atoms with Crippen molar-refractivity contribution in [2.24, 2.45) is 0 Å². The first-order chi connectivity index (χ1) is 10.9. The second kappa shape index (κ2) is 5.79. The second-order valence-corrected chi connectivity index (χ2v) is 5.40. The molecule has 0 aliphatic heterocycles. The molecule has 0 unspecified atom stereocenters. The van der Waals surface area contributed by atoms with E-state index in [1.165, 1.54) is 11.0 Å². The lowest BCUT2D eigenvalue weighted by atomic mass is 10.1. The van der Waals surface area contributed by atoms with Crippen molar-refractivity contribution >= 4 is 22.6 Å². The van der Waals surface area contributed by atoms with Gasteiger partial charge in [0.25, 0.3) is 0 Å². The fourth-order valence-corrected chi connectivity index (χ4v) is 2.42. The van der Waals surface area contributed by atoms with Crippen LogP contribution in [0.2, 0.25) is 0 Å². The van der Waals surface area contributed by atoms with Gasteiger partial charge in [-0.1, -0.05) is 6.07 Å². The van der Waals surface area contributed by atoms with Crippen LogP contribution in [0.15, 0.2) is 36.4 Å². The second-order valence-electron chi connectivity index (χ2n) is 5.40. The number of imidazole rings is 1. The molecule has 1 N–H and O–H groups in total. The average molecular weight is 315 g/mol. The highest BCUT2D eigenvalue weighted by Gasteiger charge is 2.14. The fourth-order valence-electron chi connectivity index (χ4n) is 2.42. The highest BCUT2D eigenvalue weighted by molar-refractivity contribution is 5.96. The van der Waals surface area contributed by atoms with Crippen molar-refractivity contribution in [2.75, 3.05) is 11.9 Å². The molecule has 3 rings (SSSR count). The number of fused-ring (bicyclic) bond motifs is 1. The Morgan fingerprint density at radius 3 is 2.70 bits per heavy atom. The Bertz CT molecular complexity index is 889. The van der Waals surface area contributed by atoms with Gasteiger partial charge in [-0.3, -0.25) is 4.79 Å². The van der Waals surface area contributed by atoms with Gasteiger partial charge in [0.2, 0.25) is 5.91 Å².